The van der Waals surface area contributed by atoms with Crippen LogP contribution in [0.2, 0.25) is 0 Å². The number of nitrogens with one attached hydrogen (secondary N) is 1. The van der Waals surface area contributed by atoms with Crippen molar-refractivity contribution < 1.29 is 0 Å². The van der Waals surface area contributed by atoms with Crippen LogP contribution >= 0.6 is 0 Å². The lowest BCUT2D eigenvalue weighted by atomic mass is 9.99. The van der Waals surface area contributed by atoms with Gasteiger partial charge in [0.1, 0.15) is 0 Å². The predicted octanol–water partition coefficient (Wildman–Crippen LogP) is 1.63. The fourth-order valence-corrected chi connectivity index (χ4v) is 3.00. The molecule has 0 spiro atoms. The van der Waals surface area contributed by atoms with E-state index in [9.17, 15) is 0 Å². The molecule has 1 saturated carbocycles. The van der Waals surface area contributed by atoms with Crippen LogP contribution in [0.25, 0.3) is 0 Å². The molecule has 4 nitrogen and oxygen atoms in total. The van der Waals surface area contributed by atoms with E-state index in [-0.39, 0.29) is 0 Å². The fraction of sp³-hybridized carbons (Fsp3) is 0.933. The first kappa shape index (κ1) is 14.6. The molecule has 0 bridgehead atoms. The van der Waals surface area contributed by atoms with Gasteiger partial charge in [-0.2, -0.15) is 0 Å². The van der Waals surface area contributed by atoms with E-state index in [2.05, 4.69) is 41.1 Å². The standard InChI is InChI=1S/C15H30N4/c1-12-7-9-19(10-8-12)15(16-2)17-11-14(18(3)4)13-5-6-13/h12-14H,5-11H2,1-4H3,(H,16,17). The highest BCUT2D eigenvalue weighted by molar-refractivity contribution is 5.80. The first-order valence-electron chi connectivity index (χ1n) is 7.73. The number of likely N-dealkylation sites (tertiary alicyclic amines) is 1. The molecule has 1 N–H and O–H groups in total. The number of guanidine groups is 1. The molecule has 1 heterocycles. The minimum Gasteiger partial charge on any atom is -0.355 e. The Bertz CT molecular complexity index is 299. The largest absolute Gasteiger partial charge is 0.355 e. The summed E-state index contributed by atoms with van der Waals surface area (Å²) in [6.45, 7) is 5.67. The summed E-state index contributed by atoms with van der Waals surface area (Å²) in [5.74, 6) is 2.86. The molecule has 1 aliphatic heterocycles. The number of likely N-dealkylation sites (N-methyl/N-ethyl adjacent to an activating group) is 1. The average Bonchev–Trinajstić information content (AvgIpc) is 3.20. The number of hydrogen-bond donors (Lipinski definition) is 1. The van der Waals surface area contributed by atoms with Gasteiger partial charge >= 0.3 is 0 Å². The van der Waals surface area contributed by atoms with Crippen molar-refractivity contribution in [3.63, 3.8) is 0 Å². The number of aliphatic imine (C=N–C) groups is 1. The van der Waals surface area contributed by atoms with E-state index in [1.807, 2.05) is 7.05 Å². The van der Waals surface area contributed by atoms with Crippen LogP contribution in [0.15, 0.2) is 4.99 Å². The van der Waals surface area contributed by atoms with Gasteiger partial charge in [-0.3, -0.25) is 4.99 Å². The minimum atomic E-state index is 0.653. The summed E-state index contributed by atoms with van der Waals surface area (Å²) in [7, 11) is 6.29. The summed E-state index contributed by atoms with van der Waals surface area (Å²) in [5.41, 5.74) is 0. The lowest BCUT2D eigenvalue weighted by Gasteiger charge is -2.34. The first-order valence-corrected chi connectivity index (χ1v) is 7.73. The van der Waals surface area contributed by atoms with Crippen LogP contribution in [-0.2, 0) is 0 Å². The van der Waals surface area contributed by atoms with Gasteiger partial charge in [0.2, 0.25) is 0 Å². The third-order valence-electron chi connectivity index (χ3n) is 4.59. The van der Waals surface area contributed by atoms with Gasteiger partial charge in [-0.15, -0.1) is 0 Å². The Labute approximate surface area is 118 Å². The van der Waals surface area contributed by atoms with Crippen LogP contribution in [-0.4, -0.2) is 62.6 Å². The van der Waals surface area contributed by atoms with E-state index >= 15 is 0 Å². The van der Waals surface area contributed by atoms with Gasteiger partial charge in [0.05, 0.1) is 0 Å². The highest BCUT2D eigenvalue weighted by atomic mass is 15.3. The Kier molecular flexibility index (Phi) is 5.08. The van der Waals surface area contributed by atoms with E-state index in [0.717, 1.165) is 37.4 Å². The van der Waals surface area contributed by atoms with Crippen molar-refractivity contribution in [2.24, 2.45) is 16.8 Å². The number of rotatable bonds is 4. The molecular formula is C15H30N4. The summed E-state index contributed by atoms with van der Waals surface area (Å²) in [6.07, 6.45) is 5.37. The van der Waals surface area contributed by atoms with Gasteiger partial charge in [0.25, 0.3) is 0 Å². The maximum Gasteiger partial charge on any atom is 0.193 e. The lowest BCUT2D eigenvalue weighted by Crippen LogP contribution is -2.49. The van der Waals surface area contributed by atoms with Crippen LogP contribution in [0.5, 0.6) is 0 Å². The van der Waals surface area contributed by atoms with Crippen LogP contribution in [0.3, 0.4) is 0 Å². The van der Waals surface area contributed by atoms with E-state index < -0.39 is 0 Å². The van der Waals surface area contributed by atoms with Crippen molar-refractivity contribution >= 4 is 5.96 Å². The zero-order valence-corrected chi connectivity index (χ0v) is 13.0. The summed E-state index contributed by atoms with van der Waals surface area (Å²) < 4.78 is 0. The lowest BCUT2D eigenvalue weighted by molar-refractivity contribution is 0.250. The average molecular weight is 266 g/mol. The quantitative estimate of drug-likeness (QED) is 0.620. The van der Waals surface area contributed by atoms with Gasteiger partial charge < -0.3 is 15.1 Å². The molecule has 1 saturated heterocycles. The fourth-order valence-electron chi connectivity index (χ4n) is 3.00. The van der Waals surface area contributed by atoms with Crippen molar-refractivity contribution in [1.29, 1.82) is 0 Å². The third kappa shape index (κ3) is 4.10. The van der Waals surface area contributed by atoms with Crippen molar-refractivity contribution in [2.75, 3.05) is 40.8 Å². The van der Waals surface area contributed by atoms with Gasteiger partial charge in [-0.25, -0.2) is 0 Å². The third-order valence-corrected chi connectivity index (χ3v) is 4.59. The van der Waals surface area contributed by atoms with Gasteiger partial charge in [0.15, 0.2) is 5.96 Å². The van der Waals surface area contributed by atoms with E-state index in [1.165, 1.54) is 25.7 Å². The Morgan fingerprint density at radius 2 is 1.89 bits per heavy atom. The second kappa shape index (κ2) is 6.60. The molecule has 0 aromatic rings. The first-order chi connectivity index (χ1) is 9.11. The summed E-state index contributed by atoms with van der Waals surface area (Å²) in [6, 6.07) is 0.653. The van der Waals surface area contributed by atoms with Crippen molar-refractivity contribution in [3.05, 3.63) is 0 Å². The Morgan fingerprint density at radius 1 is 1.26 bits per heavy atom. The normalized spacial score (nSPS) is 23.8. The summed E-state index contributed by atoms with van der Waals surface area (Å²) in [5, 5.41) is 3.59. The molecule has 0 radical (unpaired) electrons. The van der Waals surface area contributed by atoms with Crippen molar-refractivity contribution in [3.8, 4) is 0 Å². The minimum absolute atomic E-state index is 0.653. The molecule has 110 valence electrons. The molecule has 19 heavy (non-hydrogen) atoms. The maximum atomic E-state index is 4.46. The molecule has 1 unspecified atom stereocenters. The van der Waals surface area contributed by atoms with Crippen LogP contribution in [0, 0.1) is 11.8 Å². The van der Waals surface area contributed by atoms with E-state index in [1.54, 1.807) is 0 Å². The van der Waals surface area contributed by atoms with Crippen molar-refractivity contribution in [1.82, 2.24) is 15.1 Å². The second-order valence-electron chi connectivity index (χ2n) is 6.47. The molecule has 2 fully saturated rings. The van der Waals surface area contributed by atoms with E-state index in [0.29, 0.717) is 6.04 Å². The molecule has 1 aliphatic carbocycles. The Hall–Kier alpha value is -0.770. The van der Waals surface area contributed by atoms with Crippen LogP contribution in [0.1, 0.15) is 32.6 Å². The summed E-state index contributed by atoms with van der Waals surface area (Å²) >= 11 is 0. The molecule has 0 amide bonds. The number of hydrogen-bond acceptors (Lipinski definition) is 2. The Balaban J connectivity index is 1.82. The molecule has 1 atom stereocenters. The van der Waals surface area contributed by atoms with Crippen molar-refractivity contribution in [2.45, 2.75) is 38.6 Å². The molecule has 2 aliphatic rings. The van der Waals surface area contributed by atoms with Crippen LogP contribution in [0.4, 0.5) is 0 Å². The second-order valence-corrected chi connectivity index (χ2v) is 6.47. The zero-order valence-electron chi connectivity index (χ0n) is 13.0. The highest BCUT2D eigenvalue weighted by Crippen LogP contribution is 2.34. The van der Waals surface area contributed by atoms with Gasteiger partial charge in [-0.1, -0.05) is 6.92 Å². The zero-order chi connectivity index (χ0) is 13.8. The topological polar surface area (TPSA) is 30.9 Å². The van der Waals surface area contributed by atoms with Crippen LogP contribution < -0.4 is 5.32 Å². The molecule has 0 aromatic carbocycles. The molecule has 2 rings (SSSR count). The predicted molar refractivity (Wildman–Crippen MR) is 81.5 cm³/mol. The number of piperidine rings is 1. The maximum absolute atomic E-state index is 4.46. The monoisotopic (exact) mass is 266 g/mol. The molecule has 4 heteroatoms. The SMILES string of the molecule is CN=C(NCC(C1CC1)N(C)C)N1CCC(C)CC1. The molecule has 0 aromatic heterocycles. The van der Waals surface area contributed by atoms with E-state index in [4.69, 9.17) is 0 Å². The molecular weight excluding hydrogens is 236 g/mol. The highest BCUT2D eigenvalue weighted by Gasteiger charge is 2.32. The number of nitrogens with zero attached hydrogens (tertiary/aromatic N) is 3. The van der Waals surface area contributed by atoms with Gasteiger partial charge in [0, 0.05) is 32.7 Å². The smallest absolute Gasteiger partial charge is 0.193 e. The summed E-state index contributed by atoms with van der Waals surface area (Å²) in [4.78, 5) is 9.23. The van der Waals surface area contributed by atoms with Gasteiger partial charge in [-0.05, 0) is 51.6 Å². The Morgan fingerprint density at radius 3 is 2.37 bits per heavy atom.